The molecule has 2 aliphatic carbocycles. The molecule has 8 nitrogen and oxygen atoms in total. The van der Waals surface area contributed by atoms with E-state index in [2.05, 4.69) is 31.9 Å². The number of aryl methyl sites for hydroxylation is 1. The van der Waals surface area contributed by atoms with Gasteiger partial charge in [-0.15, -0.1) is 0 Å². The van der Waals surface area contributed by atoms with Gasteiger partial charge < -0.3 is 14.4 Å². The zero-order valence-corrected chi connectivity index (χ0v) is 25.0. The molecule has 6 rings (SSSR count). The summed E-state index contributed by atoms with van der Waals surface area (Å²) in [6, 6.07) is 9.84. The van der Waals surface area contributed by atoms with Crippen LogP contribution in [0.1, 0.15) is 18.4 Å². The highest BCUT2D eigenvalue weighted by Gasteiger charge is 2.66. The number of halogens is 3. The van der Waals surface area contributed by atoms with E-state index in [4.69, 9.17) is 21.1 Å². The number of imide groups is 1. The first-order valence-corrected chi connectivity index (χ1v) is 14.9. The van der Waals surface area contributed by atoms with E-state index in [0.29, 0.717) is 27.7 Å². The number of ether oxygens (including phenoxy) is 2. The SMILES string of the molecule is COc1ccc(Cl)cc1N1C[C@H](C(=O)Oc2ccc(N3C(=O)[C@@H]4[C@H]5C[C@@H]([C@H](Br)[C@H]5Br)[C@H]4C3=O)c(C)c2)CC1=O. The number of nitrogens with zero attached hydrogens (tertiary/aromatic N) is 2. The summed E-state index contributed by atoms with van der Waals surface area (Å²) in [4.78, 5) is 55.7. The summed E-state index contributed by atoms with van der Waals surface area (Å²) in [5, 5.41) is 0.450. The topological polar surface area (TPSA) is 93.2 Å². The second kappa shape index (κ2) is 9.89. The molecule has 0 unspecified atom stereocenters. The fraction of sp³-hybridized carbons (Fsp3) is 0.429. The van der Waals surface area contributed by atoms with E-state index >= 15 is 0 Å². The lowest BCUT2D eigenvalue weighted by atomic mass is 9.81. The minimum absolute atomic E-state index is 0.00338. The average molecular weight is 681 g/mol. The molecule has 11 heteroatoms. The fourth-order valence-electron chi connectivity index (χ4n) is 6.70. The van der Waals surface area contributed by atoms with Crippen LogP contribution < -0.4 is 19.3 Å². The Bertz CT molecular complexity index is 1390. The van der Waals surface area contributed by atoms with Crippen molar-refractivity contribution < 1.29 is 28.7 Å². The van der Waals surface area contributed by atoms with Gasteiger partial charge in [0.2, 0.25) is 17.7 Å². The quantitative estimate of drug-likeness (QED) is 0.193. The molecule has 204 valence electrons. The molecule has 0 N–H and O–H groups in total. The van der Waals surface area contributed by atoms with Crippen molar-refractivity contribution >= 4 is 78.5 Å². The molecule has 0 radical (unpaired) electrons. The third-order valence-corrected chi connectivity index (χ3v) is 11.9. The van der Waals surface area contributed by atoms with E-state index in [1.165, 1.54) is 16.9 Å². The van der Waals surface area contributed by atoms with Gasteiger partial charge in [0.05, 0.1) is 36.2 Å². The Morgan fingerprint density at radius 3 is 2.26 bits per heavy atom. The van der Waals surface area contributed by atoms with Crippen molar-refractivity contribution in [2.45, 2.75) is 29.4 Å². The standard InChI is InChI=1S/C28H25Br2ClN2O6/c1-12-7-15(39-28(37)13-8-21(34)32(11-13)19-9-14(31)3-6-20(19)38-2)4-5-18(12)33-26(35)22-16-10-17(23(22)27(33)36)25(30)24(16)29/h3-7,9,13,16-17,22-25H,8,10-11H2,1-2H3/t13-,16-,17-,22-,23-,24+,25+/m1/s1. The molecular weight excluding hydrogens is 656 g/mol. The van der Waals surface area contributed by atoms with Crippen LogP contribution >= 0.6 is 43.5 Å². The molecule has 2 bridgehead atoms. The molecule has 2 aromatic carbocycles. The van der Waals surface area contributed by atoms with Crippen molar-refractivity contribution in [3.05, 3.63) is 47.0 Å². The van der Waals surface area contributed by atoms with Crippen molar-refractivity contribution in [1.29, 1.82) is 0 Å². The molecule has 4 fully saturated rings. The Labute approximate surface area is 247 Å². The maximum atomic E-state index is 13.4. The first kappa shape index (κ1) is 26.8. The fourth-order valence-corrected chi connectivity index (χ4v) is 8.74. The first-order valence-electron chi connectivity index (χ1n) is 12.7. The van der Waals surface area contributed by atoms with Gasteiger partial charge in [-0.05, 0) is 67.1 Å². The molecule has 2 heterocycles. The summed E-state index contributed by atoms with van der Waals surface area (Å²) in [6.07, 6.45) is 0.863. The Morgan fingerprint density at radius 1 is 0.974 bits per heavy atom. The summed E-state index contributed by atoms with van der Waals surface area (Å²) in [5.74, 6) is -1.34. The van der Waals surface area contributed by atoms with Crippen LogP contribution in [0.2, 0.25) is 5.02 Å². The highest BCUT2D eigenvalue weighted by atomic mass is 79.9. The van der Waals surface area contributed by atoms with Crippen molar-refractivity contribution in [3.63, 3.8) is 0 Å². The highest BCUT2D eigenvalue weighted by Crippen LogP contribution is 2.60. The summed E-state index contributed by atoms with van der Waals surface area (Å²) in [7, 11) is 1.50. The predicted octanol–water partition coefficient (Wildman–Crippen LogP) is 4.90. The molecule has 2 aromatic rings. The van der Waals surface area contributed by atoms with Crippen LogP contribution in [0.5, 0.6) is 11.5 Å². The number of anilines is 2. The number of methoxy groups -OCH3 is 1. The van der Waals surface area contributed by atoms with E-state index in [-0.39, 0.29) is 69.8 Å². The zero-order chi connectivity index (χ0) is 27.7. The molecule has 39 heavy (non-hydrogen) atoms. The third-order valence-electron chi connectivity index (χ3n) is 8.50. The van der Waals surface area contributed by atoms with Gasteiger partial charge in [0.25, 0.3) is 0 Å². The van der Waals surface area contributed by atoms with Crippen LogP contribution in [0, 0.1) is 36.5 Å². The van der Waals surface area contributed by atoms with Crippen LogP contribution in [0.15, 0.2) is 36.4 Å². The summed E-state index contributed by atoms with van der Waals surface area (Å²) < 4.78 is 11.0. The lowest BCUT2D eigenvalue weighted by molar-refractivity contribution is -0.139. The van der Waals surface area contributed by atoms with Gasteiger partial charge in [-0.2, -0.15) is 0 Å². The minimum Gasteiger partial charge on any atom is -0.495 e. The molecule has 2 saturated carbocycles. The lowest BCUT2D eigenvalue weighted by Gasteiger charge is -2.28. The van der Waals surface area contributed by atoms with Gasteiger partial charge in [0, 0.05) is 27.6 Å². The number of benzene rings is 2. The second-order valence-corrected chi connectivity index (χ2v) is 13.2. The number of hydrogen-bond acceptors (Lipinski definition) is 6. The van der Waals surface area contributed by atoms with Crippen LogP contribution in [0.25, 0.3) is 0 Å². The van der Waals surface area contributed by atoms with E-state index in [1.807, 2.05) is 0 Å². The maximum Gasteiger partial charge on any atom is 0.316 e. The van der Waals surface area contributed by atoms with Crippen LogP contribution in [-0.4, -0.2) is 47.0 Å². The molecule has 0 spiro atoms. The van der Waals surface area contributed by atoms with Gasteiger partial charge >= 0.3 is 5.97 Å². The molecule has 2 saturated heterocycles. The van der Waals surface area contributed by atoms with Gasteiger partial charge in [-0.25, -0.2) is 4.90 Å². The maximum absolute atomic E-state index is 13.4. The number of alkyl halides is 2. The molecular formula is C28H25Br2ClN2O6. The number of carbonyl (C=O) groups excluding carboxylic acids is 4. The van der Waals surface area contributed by atoms with Gasteiger partial charge in [-0.1, -0.05) is 43.5 Å². The lowest BCUT2D eigenvalue weighted by Crippen LogP contribution is -2.37. The smallest absolute Gasteiger partial charge is 0.316 e. The predicted molar refractivity (Wildman–Crippen MR) is 152 cm³/mol. The van der Waals surface area contributed by atoms with E-state index in [1.54, 1.807) is 43.3 Å². The molecule has 7 atom stereocenters. The van der Waals surface area contributed by atoms with Crippen molar-refractivity contribution in [2.75, 3.05) is 23.5 Å². The number of hydrogen-bond donors (Lipinski definition) is 0. The van der Waals surface area contributed by atoms with Crippen LogP contribution in [0.3, 0.4) is 0 Å². The highest BCUT2D eigenvalue weighted by molar-refractivity contribution is 9.12. The molecule has 4 aliphatic rings. The molecule has 0 aromatic heterocycles. The summed E-state index contributed by atoms with van der Waals surface area (Å²) in [5.41, 5.74) is 1.65. The van der Waals surface area contributed by atoms with Gasteiger partial charge in [0.1, 0.15) is 11.5 Å². The largest absolute Gasteiger partial charge is 0.495 e. The number of esters is 1. The number of carbonyl (C=O) groups is 4. The Hall–Kier alpha value is -2.43. The first-order chi connectivity index (χ1) is 18.6. The monoisotopic (exact) mass is 678 g/mol. The van der Waals surface area contributed by atoms with Gasteiger partial charge in [0.15, 0.2) is 0 Å². The molecule has 3 amide bonds. The molecule has 2 aliphatic heterocycles. The van der Waals surface area contributed by atoms with Crippen molar-refractivity contribution in [3.8, 4) is 11.5 Å². The van der Waals surface area contributed by atoms with E-state index in [0.717, 1.165) is 6.42 Å². The Balaban J connectivity index is 1.17. The van der Waals surface area contributed by atoms with E-state index in [9.17, 15) is 19.2 Å². The van der Waals surface area contributed by atoms with Gasteiger partial charge in [-0.3, -0.25) is 19.2 Å². The second-order valence-electron chi connectivity index (χ2n) is 10.6. The normalized spacial score (nSPS) is 31.3. The van der Waals surface area contributed by atoms with E-state index < -0.39 is 11.9 Å². The summed E-state index contributed by atoms with van der Waals surface area (Å²) >= 11 is 13.5. The Morgan fingerprint density at radius 2 is 1.64 bits per heavy atom. The van der Waals surface area contributed by atoms with Crippen molar-refractivity contribution in [1.82, 2.24) is 0 Å². The summed E-state index contributed by atoms with van der Waals surface area (Å²) in [6.45, 7) is 1.92. The minimum atomic E-state index is -0.674. The Kier molecular flexibility index (Phi) is 6.79. The number of rotatable bonds is 5. The average Bonchev–Trinajstić information content (AvgIpc) is 3.62. The third kappa shape index (κ3) is 4.21. The van der Waals surface area contributed by atoms with Crippen LogP contribution in [-0.2, 0) is 19.2 Å². The zero-order valence-electron chi connectivity index (χ0n) is 21.1. The van der Waals surface area contributed by atoms with Crippen LogP contribution in [0.4, 0.5) is 11.4 Å². The van der Waals surface area contributed by atoms with Crippen molar-refractivity contribution in [2.24, 2.45) is 29.6 Å². The number of amides is 3. The number of fused-ring (bicyclic) bond motifs is 5.